The number of nitrogens with zero attached hydrogens (tertiary/aromatic N) is 3. The highest BCUT2D eigenvalue weighted by Gasteiger charge is 2.05. The fourth-order valence-corrected chi connectivity index (χ4v) is 2.49. The molecule has 96 valence electrons. The molecule has 0 atom stereocenters. The van der Waals surface area contributed by atoms with E-state index in [-0.39, 0.29) is 6.42 Å². The van der Waals surface area contributed by atoms with Crippen molar-refractivity contribution < 1.29 is 9.90 Å². The van der Waals surface area contributed by atoms with Crippen molar-refractivity contribution >= 4 is 17.3 Å². The van der Waals surface area contributed by atoms with E-state index in [9.17, 15) is 4.79 Å². The van der Waals surface area contributed by atoms with Crippen molar-refractivity contribution in [3.05, 3.63) is 34.3 Å². The lowest BCUT2D eigenvalue weighted by molar-refractivity contribution is -0.136. The van der Waals surface area contributed by atoms with Crippen LogP contribution in [0.1, 0.15) is 22.9 Å². The van der Waals surface area contributed by atoms with E-state index in [4.69, 9.17) is 5.11 Å². The summed E-state index contributed by atoms with van der Waals surface area (Å²) in [5, 5.41) is 11.6. The van der Waals surface area contributed by atoms with Gasteiger partial charge in [0.25, 0.3) is 0 Å². The van der Waals surface area contributed by atoms with Crippen molar-refractivity contribution in [1.29, 1.82) is 0 Å². The molecular weight excluding hydrogens is 250 g/mol. The molecule has 2 heterocycles. The number of aryl methyl sites for hydroxylation is 4. The standard InChI is InChI=1S/C12H15N3O2S/c1-9-13-5-7-15(9)6-4-11-14-10(8-18-11)2-3-12(16)17/h5,7-8H,2-4,6H2,1H3,(H,16,17). The SMILES string of the molecule is Cc1nccn1CCc1nc(CCC(=O)O)cs1. The van der Waals surface area contributed by atoms with Crippen molar-refractivity contribution in [2.75, 3.05) is 0 Å². The normalized spacial score (nSPS) is 10.7. The van der Waals surface area contributed by atoms with Crippen LogP contribution in [0, 0.1) is 6.92 Å². The van der Waals surface area contributed by atoms with Gasteiger partial charge < -0.3 is 9.67 Å². The van der Waals surface area contributed by atoms with Crippen LogP contribution < -0.4 is 0 Å². The molecule has 0 bridgehead atoms. The van der Waals surface area contributed by atoms with Gasteiger partial charge in [-0.15, -0.1) is 11.3 Å². The summed E-state index contributed by atoms with van der Waals surface area (Å²) in [7, 11) is 0. The molecule has 6 heteroatoms. The Hall–Kier alpha value is -1.69. The zero-order chi connectivity index (χ0) is 13.0. The van der Waals surface area contributed by atoms with E-state index in [0.29, 0.717) is 6.42 Å². The van der Waals surface area contributed by atoms with Crippen LogP contribution in [0.25, 0.3) is 0 Å². The monoisotopic (exact) mass is 265 g/mol. The van der Waals surface area contributed by atoms with E-state index in [0.717, 1.165) is 29.5 Å². The minimum absolute atomic E-state index is 0.143. The lowest BCUT2D eigenvalue weighted by Crippen LogP contribution is -2.02. The highest BCUT2D eigenvalue weighted by atomic mass is 32.1. The molecule has 2 rings (SSSR count). The third-order valence-electron chi connectivity index (χ3n) is 2.68. The third-order valence-corrected chi connectivity index (χ3v) is 3.64. The fourth-order valence-electron chi connectivity index (χ4n) is 1.67. The molecule has 0 radical (unpaired) electrons. The van der Waals surface area contributed by atoms with Gasteiger partial charge >= 0.3 is 5.97 Å². The first-order valence-electron chi connectivity index (χ1n) is 5.78. The molecule has 0 spiro atoms. The average molecular weight is 265 g/mol. The molecule has 0 saturated heterocycles. The second-order valence-electron chi connectivity index (χ2n) is 4.04. The van der Waals surface area contributed by atoms with Gasteiger partial charge in [-0.1, -0.05) is 0 Å². The van der Waals surface area contributed by atoms with Gasteiger partial charge in [-0.2, -0.15) is 0 Å². The number of hydrogen-bond donors (Lipinski definition) is 1. The Kier molecular flexibility index (Phi) is 4.09. The number of carboxylic acid groups (broad SMARTS) is 1. The van der Waals surface area contributed by atoms with Crippen LogP contribution in [-0.4, -0.2) is 25.6 Å². The Balaban J connectivity index is 1.87. The van der Waals surface area contributed by atoms with Crippen LogP contribution in [0.4, 0.5) is 0 Å². The van der Waals surface area contributed by atoms with E-state index in [1.165, 1.54) is 0 Å². The van der Waals surface area contributed by atoms with Crippen LogP contribution in [-0.2, 0) is 24.2 Å². The fraction of sp³-hybridized carbons (Fsp3) is 0.417. The predicted octanol–water partition coefficient (Wildman–Crippen LogP) is 1.91. The van der Waals surface area contributed by atoms with E-state index >= 15 is 0 Å². The molecule has 0 aliphatic heterocycles. The van der Waals surface area contributed by atoms with Gasteiger partial charge in [-0.3, -0.25) is 4.79 Å². The third kappa shape index (κ3) is 3.40. The van der Waals surface area contributed by atoms with Crippen LogP contribution >= 0.6 is 11.3 Å². The smallest absolute Gasteiger partial charge is 0.303 e. The van der Waals surface area contributed by atoms with Gasteiger partial charge in [0.15, 0.2) is 0 Å². The molecular formula is C12H15N3O2S. The molecule has 0 aromatic carbocycles. The van der Waals surface area contributed by atoms with Gasteiger partial charge in [0.2, 0.25) is 0 Å². The van der Waals surface area contributed by atoms with Gasteiger partial charge in [0.1, 0.15) is 5.82 Å². The Bertz CT molecular complexity index is 533. The highest BCUT2D eigenvalue weighted by Crippen LogP contribution is 2.13. The molecule has 0 fully saturated rings. The summed E-state index contributed by atoms with van der Waals surface area (Å²) >= 11 is 1.59. The highest BCUT2D eigenvalue weighted by molar-refractivity contribution is 7.09. The Morgan fingerprint density at radius 2 is 2.33 bits per heavy atom. The number of hydrogen-bond acceptors (Lipinski definition) is 4. The van der Waals surface area contributed by atoms with E-state index < -0.39 is 5.97 Å². The first-order valence-corrected chi connectivity index (χ1v) is 6.66. The van der Waals surface area contributed by atoms with Crippen molar-refractivity contribution in [1.82, 2.24) is 14.5 Å². The van der Waals surface area contributed by atoms with Gasteiger partial charge in [-0.05, 0) is 6.92 Å². The second kappa shape index (κ2) is 5.77. The van der Waals surface area contributed by atoms with Crippen LogP contribution in [0.5, 0.6) is 0 Å². The van der Waals surface area contributed by atoms with Gasteiger partial charge in [0, 0.05) is 37.2 Å². The average Bonchev–Trinajstić information content (AvgIpc) is 2.93. The number of carboxylic acids is 1. The quantitative estimate of drug-likeness (QED) is 0.866. The zero-order valence-corrected chi connectivity index (χ0v) is 11.0. The molecule has 5 nitrogen and oxygen atoms in total. The minimum Gasteiger partial charge on any atom is -0.481 e. The largest absolute Gasteiger partial charge is 0.481 e. The summed E-state index contributed by atoms with van der Waals surface area (Å²) in [5.74, 6) is 0.219. The number of aliphatic carboxylic acids is 1. The van der Waals surface area contributed by atoms with Crippen molar-refractivity contribution in [3.63, 3.8) is 0 Å². The maximum absolute atomic E-state index is 10.5. The van der Waals surface area contributed by atoms with Gasteiger partial charge in [0.05, 0.1) is 17.1 Å². The van der Waals surface area contributed by atoms with Crippen LogP contribution in [0.15, 0.2) is 17.8 Å². The maximum atomic E-state index is 10.5. The number of imidazole rings is 1. The Morgan fingerprint density at radius 1 is 1.50 bits per heavy atom. The summed E-state index contributed by atoms with van der Waals surface area (Å²) in [4.78, 5) is 19.1. The van der Waals surface area contributed by atoms with Gasteiger partial charge in [-0.25, -0.2) is 9.97 Å². The number of aromatic nitrogens is 3. The topological polar surface area (TPSA) is 68.0 Å². The number of carbonyl (C=O) groups is 1. The number of rotatable bonds is 6. The van der Waals surface area contributed by atoms with E-state index in [2.05, 4.69) is 14.5 Å². The predicted molar refractivity (Wildman–Crippen MR) is 68.7 cm³/mol. The maximum Gasteiger partial charge on any atom is 0.303 e. The molecule has 0 aliphatic rings. The number of thiazole rings is 1. The van der Waals surface area contributed by atoms with Crippen molar-refractivity contribution in [2.45, 2.75) is 32.7 Å². The lowest BCUT2D eigenvalue weighted by atomic mass is 10.2. The molecule has 0 aliphatic carbocycles. The van der Waals surface area contributed by atoms with Crippen LogP contribution in [0.2, 0.25) is 0 Å². The zero-order valence-electron chi connectivity index (χ0n) is 10.2. The lowest BCUT2D eigenvalue weighted by Gasteiger charge is -2.02. The van der Waals surface area contributed by atoms with E-state index in [1.54, 1.807) is 17.5 Å². The Labute approximate surface area is 109 Å². The summed E-state index contributed by atoms with van der Waals surface area (Å²) in [5.41, 5.74) is 0.875. The molecule has 18 heavy (non-hydrogen) atoms. The first kappa shape index (κ1) is 12.8. The molecule has 0 saturated carbocycles. The Morgan fingerprint density at radius 3 is 3.00 bits per heavy atom. The molecule has 0 amide bonds. The van der Waals surface area contributed by atoms with E-state index in [1.807, 2.05) is 18.5 Å². The first-order chi connectivity index (χ1) is 8.65. The molecule has 2 aromatic heterocycles. The molecule has 0 unspecified atom stereocenters. The van der Waals surface area contributed by atoms with Crippen LogP contribution in [0.3, 0.4) is 0 Å². The summed E-state index contributed by atoms with van der Waals surface area (Å²) < 4.78 is 2.08. The molecule has 2 aromatic rings. The molecule has 1 N–H and O–H groups in total. The van der Waals surface area contributed by atoms with Crippen molar-refractivity contribution in [3.8, 4) is 0 Å². The second-order valence-corrected chi connectivity index (χ2v) is 4.99. The summed E-state index contributed by atoms with van der Waals surface area (Å²) in [6, 6.07) is 0. The van der Waals surface area contributed by atoms with Crippen molar-refractivity contribution in [2.24, 2.45) is 0 Å². The minimum atomic E-state index is -0.779. The summed E-state index contributed by atoms with van der Waals surface area (Å²) in [6.07, 6.45) is 5.25. The summed E-state index contributed by atoms with van der Waals surface area (Å²) in [6.45, 7) is 2.83.